The van der Waals surface area contributed by atoms with Gasteiger partial charge in [-0.25, -0.2) is 9.67 Å². The Morgan fingerprint density at radius 3 is 2.47 bits per heavy atom. The highest BCUT2D eigenvalue weighted by Crippen LogP contribution is 2.37. The van der Waals surface area contributed by atoms with Gasteiger partial charge in [0.2, 0.25) is 5.91 Å². The maximum Gasteiger partial charge on any atom is 0.434 e. The third-order valence-corrected chi connectivity index (χ3v) is 7.02. The van der Waals surface area contributed by atoms with Gasteiger partial charge in [-0.05, 0) is 33.3 Å². The molecule has 0 aliphatic carbocycles. The molecule has 1 amide bonds. The van der Waals surface area contributed by atoms with E-state index in [1.54, 1.807) is 39.5 Å². The van der Waals surface area contributed by atoms with Crippen molar-refractivity contribution in [2.45, 2.75) is 65.5 Å². The van der Waals surface area contributed by atoms with Crippen molar-refractivity contribution in [1.29, 1.82) is 0 Å². The van der Waals surface area contributed by atoms with Crippen LogP contribution in [0.2, 0.25) is 5.02 Å². The van der Waals surface area contributed by atoms with Crippen LogP contribution in [0, 0.1) is 0 Å². The molecule has 5 rings (SSSR count). The van der Waals surface area contributed by atoms with E-state index in [4.69, 9.17) is 16.7 Å². The lowest BCUT2D eigenvalue weighted by Crippen LogP contribution is -2.39. The van der Waals surface area contributed by atoms with E-state index in [-0.39, 0.29) is 23.8 Å². The summed E-state index contributed by atoms with van der Waals surface area (Å²) in [6.07, 6.45) is -1.61. The van der Waals surface area contributed by atoms with E-state index < -0.39 is 11.9 Å². The number of amides is 1. The molecular weight excluding hydrogens is 519 g/mol. The molecule has 0 spiro atoms. The Kier molecular flexibility index (Phi) is 6.58. The molecule has 3 aromatic heterocycles. The molecule has 38 heavy (non-hydrogen) atoms. The van der Waals surface area contributed by atoms with Crippen LogP contribution in [0.3, 0.4) is 0 Å². The van der Waals surface area contributed by atoms with E-state index >= 15 is 0 Å². The molecule has 4 heterocycles. The maximum atomic E-state index is 13.2. The van der Waals surface area contributed by atoms with Crippen LogP contribution in [0.1, 0.15) is 57.5 Å². The van der Waals surface area contributed by atoms with E-state index in [0.29, 0.717) is 47.3 Å². The molecule has 0 fully saturated rings. The molecule has 0 saturated carbocycles. The molecule has 4 aromatic rings. The first-order chi connectivity index (χ1) is 18.0. The van der Waals surface area contributed by atoms with Gasteiger partial charge in [-0.1, -0.05) is 35.9 Å². The first kappa shape index (κ1) is 26.0. The van der Waals surface area contributed by atoms with Crippen molar-refractivity contribution < 1.29 is 18.0 Å². The van der Waals surface area contributed by atoms with Crippen LogP contribution in [-0.2, 0) is 24.1 Å². The first-order valence-electron chi connectivity index (χ1n) is 12.4. The summed E-state index contributed by atoms with van der Waals surface area (Å²) in [5, 5.41) is 9.57. The number of nitrogens with zero attached hydrogens (tertiary/aromatic N) is 7. The Morgan fingerprint density at radius 1 is 1.13 bits per heavy atom. The standard InChI is InChI=1S/C26H27ClF3N7O/c1-5-34-14-21(26(28,29)30)32-25(34)18-8-6-17(7-9-18)16(4)36-22-12-20(33-35(22)11-10-23(36)38)24-19(27)13-31-37(24)15(2)3/h6-9,12-16H,5,10-11H2,1-4H3. The lowest BCUT2D eigenvalue weighted by atomic mass is 10.0. The number of halogens is 4. The van der Waals surface area contributed by atoms with Crippen LogP contribution in [0.4, 0.5) is 19.0 Å². The summed E-state index contributed by atoms with van der Waals surface area (Å²) < 4.78 is 44.7. The van der Waals surface area contributed by atoms with Crippen molar-refractivity contribution in [2.24, 2.45) is 0 Å². The lowest BCUT2D eigenvalue weighted by molar-refractivity contribution is -0.140. The molecule has 0 radical (unpaired) electrons. The highest BCUT2D eigenvalue weighted by atomic mass is 35.5. The number of carbonyl (C=O) groups excluding carboxylic acids is 1. The Balaban J connectivity index is 1.47. The lowest BCUT2D eigenvalue weighted by Gasteiger charge is -2.33. The Bertz CT molecular complexity index is 1480. The monoisotopic (exact) mass is 545 g/mol. The van der Waals surface area contributed by atoms with Gasteiger partial charge < -0.3 is 4.57 Å². The molecule has 1 aromatic carbocycles. The molecule has 200 valence electrons. The van der Waals surface area contributed by atoms with E-state index in [1.165, 1.54) is 4.57 Å². The zero-order chi connectivity index (χ0) is 27.4. The Morgan fingerprint density at radius 2 is 1.84 bits per heavy atom. The molecule has 1 aliphatic heterocycles. The first-order valence-corrected chi connectivity index (χ1v) is 12.7. The number of carbonyl (C=O) groups is 1. The summed E-state index contributed by atoms with van der Waals surface area (Å²) in [6, 6.07) is 8.67. The Labute approximate surface area is 222 Å². The molecule has 1 atom stereocenters. The van der Waals surface area contributed by atoms with Crippen molar-refractivity contribution in [3.05, 3.63) is 59.0 Å². The van der Waals surface area contributed by atoms with Crippen molar-refractivity contribution in [1.82, 2.24) is 29.1 Å². The van der Waals surface area contributed by atoms with E-state index in [1.807, 2.05) is 39.0 Å². The summed E-state index contributed by atoms with van der Waals surface area (Å²) in [5.74, 6) is 0.853. The van der Waals surface area contributed by atoms with Crippen LogP contribution in [-0.4, -0.2) is 35.0 Å². The van der Waals surface area contributed by atoms with Gasteiger partial charge in [-0.3, -0.25) is 14.4 Å². The van der Waals surface area contributed by atoms with Crippen LogP contribution in [0.5, 0.6) is 0 Å². The second kappa shape index (κ2) is 9.61. The van der Waals surface area contributed by atoms with Gasteiger partial charge >= 0.3 is 6.18 Å². The van der Waals surface area contributed by atoms with Gasteiger partial charge in [-0.2, -0.15) is 23.4 Å². The average Bonchev–Trinajstić information content (AvgIpc) is 3.59. The molecule has 8 nitrogen and oxygen atoms in total. The number of fused-ring (bicyclic) bond motifs is 1. The smallest absolute Gasteiger partial charge is 0.331 e. The third-order valence-electron chi connectivity index (χ3n) is 6.74. The number of rotatable bonds is 6. The second-order valence-corrected chi connectivity index (χ2v) is 9.94. The highest BCUT2D eigenvalue weighted by Gasteiger charge is 2.35. The highest BCUT2D eigenvalue weighted by molar-refractivity contribution is 6.33. The molecule has 0 saturated heterocycles. The minimum atomic E-state index is -4.52. The summed E-state index contributed by atoms with van der Waals surface area (Å²) in [6.45, 7) is 8.48. The normalized spacial score (nSPS) is 14.9. The quantitative estimate of drug-likeness (QED) is 0.282. The summed E-state index contributed by atoms with van der Waals surface area (Å²) in [4.78, 5) is 18.6. The van der Waals surface area contributed by atoms with Crippen molar-refractivity contribution in [2.75, 3.05) is 4.90 Å². The fraction of sp³-hybridized carbons (Fsp3) is 0.385. The molecular formula is C26H27ClF3N7O. The molecule has 0 N–H and O–H groups in total. The fourth-order valence-electron chi connectivity index (χ4n) is 4.80. The van der Waals surface area contributed by atoms with Gasteiger partial charge in [0.05, 0.1) is 23.8 Å². The van der Waals surface area contributed by atoms with Gasteiger partial charge in [0.25, 0.3) is 0 Å². The largest absolute Gasteiger partial charge is 0.434 e. The van der Waals surface area contributed by atoms with Crippen LogP contribution < -0.4 is 4.90 Å². The van der Waals surface area contributed by atoms with E-state index in [2.05, 4.69) is 10.1 Å². The molecule has 1 aliphatic rings. The zero-order valence-corrected chi connectivity index (χ0v) is 22.1. The van der Waals surface area contributed by atoms with Gasteiger partial charge in [0, 0.05) is 36.8 Å². The second-order valence-electron chi connectivity index (χ2n) is 9.54. The Hall–Kier alpha value is -3.60. The van der Waals surface area contributed by atoms with E-state index in [9.17, 15) is 18.0 Å². The summed E-state index contributed by atoms with van der Waals surface area (Å²) >= 11 is 6.44. The number of hydrogen-bond acceptors (Lipinski definition) is 4. The fourth-order valence-corrected chi connectivity index (χ4v) is 5.03. The number of anilines is 1. The minimum absolute atomic E-state index is 0.0414. The third kappa shape index (κ3) is 4.48. The van der Waals surface area contributed by atoms with Crippen LogP contribution >= 0.6 is 11.6 Å². The zero-order valence-electron chi connectivity index (χ0n) is 21.4. The summed E-state index contributed by atoms with van der Waals surface area (Å²) in [7, 11) is 0. The van der Waals surface area contributed by atoms with Gasteiger partial charge in [0.15, 0.2) is 5.69 Å². The minimum Gasteiger partial charge on any atom is -0.331 e. The summed E-state index contributed by atoms with van der Waals surface area (Å²) in [5.41, 5.74) is 1.79. The number of aryl methyl sites for hydroxylation is 2. The molecule has 0 bridgehead atoms. The van der Waals surface area contributed by atoms with Crippen molar-refractivity contribution in [3.63, 3.8) is 0 Å². The van der Waals surface area contributed by atoms with Crippen molar-refractivity contribution in [3.8, 4) is 22.8 Å². The topological polar surface area (TPSA) is 73.8 Å². The number of imidazole rings is 1. The number of aromatic nitrogens is 6. The number of benzene rings is 1. The SMILES string of the molecule is CCn1cc(C(F)(F)F)nc1-c1ccc(C(C)N2C(=O)CCn3nc(-c4c(Cl)cnn4C(C)C)cc32)cc1. The van der Waals surface area contributed by atoms with Gasteiger partial charge in [0.1, 0.15) is 23.0 Å². The maximum absolute atomic E-state index is 13.2. The number of alkyl halides is 3. The van der Waals surface area contributed by atoms with Crippen molar-refractivity contribution >= 4 is 23.3 Å². The predicted octanol–water partition coefficient (Wildman–Crippen LogP) is 6.38. The number of hydrogen-bond donors (Lipinski definition) is 0. The molecule has 12 heteroatoms. The van der Waals surface area contributed by atoms with E-state index in [0.717, 1.165) is 11.8 Å². The van der Waals surface area contributed by atoms with Gasteiger partial charge in [-0.15, -0.1) is 0 Å². The molecule has 1 unspecified atom stereocenters. The predicted molar refractivity (Wildman–Crippen MR) is 138 cm³/mol. The van der Waals surface area contributed by atoms with Crippen LogP contribution in [0.15, 0.2) is 42.7 Å². The average molecular weight is 546 g/mol. The van der Waals surface area contributed by atoms with Crippen LogP contribution in [0.25, 0.3) is 22.8 Å².